The lowest BCUT2D eigenvalue weighted by Gasteiger charge is -2.35. The fourth-order valence-corrected chi connectivity index (χ4v) is 4.09. The molecule has 2 atom stereocenters. The van der Waals surface area contributed by atoms with E-state index >= 15 is 0 Å². The maximum atomic E-state index is 12.8. The SMILES string of the molecule is O=C(O)C1CCO[C@H]1C1CCN(C(=O)c2ccc(-c3cnco3)cc2)CC1. The highest BCUT2D eigenvalue weighted by atomic mass is 16.5. The van der Waals surface area contributed by atoms with Crippen LogP contribution in [0.2, 0.25) is 0 Å². The topological polar surface area (TPSA) is 92.9 Å². The molecular formula is C20H22N2O5. The summed E-state index contributed by atoms with van der Waals surface area (Å²) >= 11 is 0. The van der Waals surface area contributed by atoms with Crippen LogP contribution < -0.4 is 0 Å². The molecule has 1 aromatic carbocycles. The molecule has 0 aliphatic carbocycles. The van der Waals surface area contributed by atoms with Crippen LogP contribution >= 0.6 is 0 Å². The molecule has 2 fully saturated rings. The maximum absolute atomic E-state index is 12.8. The van der Waals surface area contributed by atoms with E-state index in [1.807, 2.05) is 17.0 Å². The summed E-state index contributed by atoms with van der Waals surface area (Å²) in [5.74, 6) is -0.325. The van der Waals surface area contributed by atoms with E-state index in [4.69, 9.17) is 9.15 Å². The number of aliphatic carboxylic acids is 1. The van der Waals surface area contributed by atoms with Crippen LogP contribution in [0.4, 0.5) is 0 Å². The molecule has 0 radical (unpaired) electrons. The number of nitrogens with zero attached hydrogens (tertiary/aromatic N) is 2. The zero-order valence-electron chi connectivity index (χ0n) is 14.9. The normalized spacial score (nSPS) is 23.5. The largest absolute Gasteiger partial charge is 0.481 e. The number of carbonyl (C=O) groups is 2. The number of hydrogen-bond donors (Lipinski definition) is 1. The van der Waals surface area contributed by atoms with Gasteiger partial charge in [-0.25, -0.2) is 4.98 Å². The molecule has 0 saturated carbocycles. The van der Waals surface area contributed by atoms with Crippen molar-refractivity contribution in [3.8, 4) is 11.3 Å². The minimum absolute atomic E-state index is 0.000283. The van der Waals surface area contributed by atoms with E-state index in [1.165, 1.54) is 6.39 Å². The molecule has 3 heterocycles. The van der Waals surface area contributed by atoms with Gasteiger partial charge in [0, 0.05) is 30.8 Å². The molecule has 1 N–H and O–H groups in total. The van der Waals surface area contributed by atoms with Gasteiger partial charge in [0.1, 0.15) is 0 Å². The Labute approximate surface area is 156 Å². The predicted molar refractivity (Wildman–Crippen MR) is 96.0 cm³/mol. The second-order valence-electron chi connectivity index (χ2n) is 7.14. The second kappa shape index (κ2) is 7.52. The Morgan fingerprint density at radius 3 is 2.48 bits per heavy atom. The number of likely N-dealkylation sites (tertiary alicyclic amines) is 1. The summed E-state index contributed by atoms with van der Waals surface area (Å²) in [6.45, 7) is 1.76. The van der Waals surface area contributed by atoms with Gasteiger partial charge in [-0.15, -0.1) is 0 Å². The summed E-state index contributed by atoms with van der Waals surface area (Å²) < 4.78 is 11.0. The Kier molecular flexibility index (Phi) is 4.94. The van der Waals surface area contributed by atoms with Crippen LogP contribution in [0.25, 0.3) is 11.3 Å². The van der Waals surface area contributed by atoms with Crippen LogP contribution in [0, 0.1) is 11.8 Å². The van der Waals surface area contributed by atoms with Gasteiger partial charge in [0.25, 0.3) is 5.91 Å². The first-order valence-corrected chi connectivity index (χ1v) is 9.26. The Morgan fingerprint density at radius 2 is 1.85 bits per heavy atom. The molecule has 2 saturated heterocycles. The first-order chi connectivity index (χ1) is 13.1. The van der Waals surface area contributed by atoms with Crippen molar-refractivity contribution in [1.82, 2.24) is 9.88 Å². The molecule has 7 nitrogen and oxygen atoms in total. The van der Waals surface area contributed by atoms with E-state index in [0.29, 0.717) is 37.4 Å². The first-order valence-electron chi connectivity index (χ1n) is 9.26. The number of carbonyl (C=O) groups excluding carboxylic acids is 1. The van der Waals surface area contributed by atoms with Crippen molar-refractivity contribution in [3.05, 3.63) is 42.4 Å². The number of carboxylic acid groups (broad SMARTS) is 1. The van der Waals surface area contributed by atoms with Gasteiger partial charge in [-0.05, 0) is 37.3 Å². The summed E-state index contributed by atoms with van der Waals surface area (Å²) in [4.78, 5) is 29.9. The highest BCUT2D eigenvalue weighted by Crippen LogP contribution is 2.33. The van der Waals surface area contributed by atoms with Crippen LogP contribution in [-0.2, 0) is 9.53 Å². The number of benzene rings is 1. The van der Waals surface area contributed by atoms with Crippen LogP contribution in [-0.4, -0.2) is 52.7 Å². The van der Waals surface area contributed by atoms with Gasteiger partial charge in [0.2, 0.25) is 0 Å². The Bertz CT molecular complexity index is 794. The average Bonchev–Trinajstić information content (AvgIpc) is 3.40. The number of hydrogen-bond acceptors (Lipinski definition) is 5. The molecular weight excluding hydrogens is 348 g/mol. The zero-order chi connectivity index (χ0) is 18.8. The molecule has 4 rings (SSSR count). The smallest absolute Gasteiger partial charge is 0.309 e. The van der Waals surface area contributed by atoms with E-state index in [0.717, 1.165) is 18.4 Å². The highest BCUT2D eigenvalue weighted by Gasteiger charge is 2.40. The minimum Gasteiger partial charge on any atom is -0.481 e. The number of piperidine rings is 1. The highest BCUT2D eigenvalue weighted by molar-refractivity contribution is 5.94. The third-order valence-electron chi connectivity index (χ3n) is 5.59. The fraction of sp³-hybridized carbons (Fsp3) is 0.450. The molecule has 27 heavy (non-hydrogen) atoms. The second-order valence-corrected chi connectivity index (χ2v) is 7.14. The van der Waals surface area contributed by atoms with Gasteiger partial charge in [-0.3, -0.25) is 9.59 Å². The third kappa shape index (κ3) is 3.60. The molecule has 2 aliphatic rings. The van der Waals surface area contributed by atoms with Crippen molar-refractivity contribution in [3.63, 3.8) is 0 Å². The molecule has 1 unspecified atom stereocenters. The summed E-state index contributed by atoms with van der Waals surface area (Å²) in [5.41, 5.74) is 1.51. The van der Waals surface area contributed by atoms with E-state index < -0.39 is 11.9 Å². The average molecular weight is 370 g/mol. The van der Waals surface area contributed by atoms with Crippen molar-refractivity contribution in [1.29, 1.82) is 0 Å². The molecule has 0 bridgehead atoms. The lowest BCUT2D eigenvalue weighted by atomic mass is 9.84. The lowest BCUT2D eigenvalue weighted by Crippen LogP contribution is -2.43. The van der Waals surface area contributed by atoms with Gasteiger partial charge in [0.15, 0.2) is 12.2 Å². The molecule has 2 aliphatic heterocycles. The van der Waals surface area contributed by atoms with Gasteiger partial charge in [-0.2, -0.15) is 0 Å². The Balaban J connectivity index is 1.36. The van der Waals surface area contributed by atoms with Gasteiger partial charge < -0.3 is 19.2 Å². The van der Waals surface area contributed by atoms with Gasteiger partial charge in [-0.1, -0.05) is 12.1 Å². The van der Waals surface area contributed by atoms with E-state index in [2.05, 4.69) is 4.98 Å². The van der Waals surface area contributed by atoms with E-state index in [1.54, 1.807) is 18.3 Å². The number of aromatic nitrogens is 1. The molecule has 2 aromatic rings. The minimum atomic E-state index is -0.775. The summed E-state index contributed by atoms with van der Waals surface area (Å²) in [6.07, 6.45) is 4.92. The summed E-state index contributed by atoms with van der Waals surface area (Å²) in [5, 5.41) is 9.34. The lowest BCUT2D eigenvalue weighted by molar-refractivity contribution is -0.145. The first kappa shape index (κ1) is 17.7. The Morgan fingerprint density at radius 1 is 1.11 bits per heavy atom. The molecule has 1 amide bonds. The fourth-order valence-electron chi connectivity index (χ4n) is 4.09. The van der Waals surface area contributed by atoms with Crippen LogP contribution in [0.1, 0.15) is 29.6 Å². The number of amides is 1. The molecule has 142 valence electrons. The third-order valence-corrected chi connectivity index (χ3v) is 5.59. The van der Waals surface area contributed by atoms with Gasteiger partial charge >= 0.3 is 5.97 Å². The number of oxazole rings is 1. The number of carboxylic acids is 1. The number of rotatable bonds is 4. The Hall–Kier alpha value is -2.67. The van der Waals surface area contributed by atoms with Crippen molar-refractivity contribution < 1.29 is 23.8 Å². The van der Waals surface area contributed by atoms with Crippen molar-refractivity contribution >= 4 is 11.9 Å². The summed E-state index contributed by atoms with van der Waals surface area (Å²) in [7, 11) is 0. The molecule has 0 spiro atoms. The number of ether oxygens (including phenoxy) is 1. The van der Waals surface area contributed by atoms with Crippen LogP contribution in [0.5, 0.6) is 0 Å². The monoisotopic (exact) mass is 370 g/mol. The van der Waals surface area contributed by atoms with Crippen molar-refractivity contribution in [2.45, 2.75) is 25.4 Å². The van der Waals surface area contributed by atoms with Gasteiger partial charge in [0.05, 0.1) is 18.2 Å². The van der Waals surface area contributed by atoms with Crippen molar-refractivity contribution in [2.24, 2.45) is 11.8 Å². The quantitative estimate of drug-likeness (QED) is 0.889. The van der Waals surface area contributed by atoms with Crippen molar-refractivity contribution in [2.75, 3.05) is 19.7 Å². The summed E-state index contributed by atoms with van der Waals surface area (Å²) in [6, 6.07) is 7.30. The molecule has 1 aromatic heterocycles. The van der Waals surface area contributed by atoms with E-state index in [9.17, 15) is 14.7 Å². The maximum Gasteiger partial charge on any atom is 0.309 e. The predicted octanol–water partition coefficient (Wildman–Crippen LogP) is 2.68. The van der Waals surface area contributed by atoms with E-state index in [-0.39, 0.29) is 17.9 Å². The van der Waals surface area contributed by atoms with Crippen LogP contribution in [0.15, 0.2) is 41.3 Å². The van der Waals surface area contributed by atoms with Crippen LogP contribution in [0.3, 0.4) is 0 Å². The standard InChI is InChI=1S/C20H22N2O5/c23-19(15-3-1-13(2-4-15)17-11-21-12-27-17)22-8-5-14(6-9-22)18-16(20(24)25)7-10-26-18/h1-4,11-12,14,16,18H,5-10H2,(H,24,25)/t16?,18-/m0/s1. The molecule has 7 heteroatoms. The zero-order valence-corrected chi connectivity index (χ0v) is 14.9.